The predicted molar refractivity (Wildman–Crippen MR) is 132 cm³/mol. The molecule has 34 heavy (non-hydrogen) atoms. The zero-order valence-corrected chi connectivity index (χ0v) is 18.5. The van der Waals surface area contributed by atoms with Crippen LogP contribution in [0.15, 0.2) is 77.6 Å². The molecule has 1 aliphatic rings. The Morgan fingerprint density at radius 2 is 1.53 bits per heavy atom. The number of aryl methyl sites for hydroxylation is 1. The number of hydrogen-bond donors (Lipinski definition) is 3. The Morgan fingerprint density at radius 3 is 2.21 bits per heavy atom. The van der Waals surface area contributed by atoms with E-state index in [0.29, 0.717) is 39.4 Å². The highest BCUT2D eigenvalue weighted by Crippen LogP contribution is 2.20. The number of nitrogens with one attached hydrogen (secondary N) is 3. The number of anilines is 2. The standard InChI is InChI=1S/C26H23N5O3/c1-16-27-23-5-3-2-4-22(23)25(33)31(16)21-14-6-17(7-15-21)24(32)28-18-8-10-19(11-9-18)29-26(34)30-20-12-13-20/h2-11,14-15,20H,12-13H2,1H3,(H,28,32)(H2,29,30,34). The first-order chi connectivity index (χ1) is 16.5. The van der Waals surface area contributed by atoms with Gasteiger partial charge in [-0.1, -0.05) is 12.1 Å². The molecule has 0 atom stereocenters. The summed E-state index contributed by atoms with van der Waals surface area (Å²) in [6, 6.07) is 21.0. The number of benzene rings is 3. The fourth-order valence-corrected chi connectivity index (χ4v) is 3.73. The molecule has 0 saturated heterocycles. The van der Waals surface area contributed by atoms with Gasteiger partial charge in [-0.2, -0.15) is 0 Å². The van der Waals surface area contributed by atoms with Crippen molar-refractivity contribution in [1.29, 1.82) is 0 Å². The van der Waals surface area contributed by atoms with Crippen molar-refractivity contribution >= 4 is 34.2 Å². The Hall–Kier alpha value is -4.46. The van der Waals surface area contributed by atoms with Gasteiger partial charge in [0, 0.05) is 23.0 Å². The molecule has 4 aromatic rings. The summed E-state index contributed by atoms with van der Waals surface area (Å²) in [6.45, 7) is 1.78. The Bertz CT molecular complexity index is 1440. The number of fused-ring (bicyclic) bond motifs is 1. The second-order valence-corrected chi connectivity index (χ2v) is 8.27. The molecular formula is C26H23N5O3. The van der Waals surface area contributed by atoms with E-state index in [1.54, 1.807) is 61.5 Å². The van der Waals surface area contributed by atoms with E-state index in [4.69, 9.17) is 0 Å². The van der Waals surface area contributed by atoms with Gasteiger partial charge >= 0.3 is 6.03 Å². The maximum atomic E-state index is 13.0. The molecule has 3 aromatic carbocycles. The number of hydrogen-bond acceptors (Lipinski definition) is 4. The van der Waals surface area contributed by atoms with Crippen molar-refractivity contribution in [2.45, 2.75) is 25.8 Å². The maximum Gasteiger partial charge on any atom is 0.319 e. The molecule has 3 N–H and O–H groups in total. The van der Waals surface area contributed by atoms with Gasteiger partial charge in [0.15, 0.2) is 0 Å². The summed E-state index contributed by atoms with van der Waals surface area (Å²) in [5.41, 5.74) is 2.84. The molecule has 1 heterocycles. The van der Waals surface area contributed by atoms with Gasteiger partial charge in [-0.25, -0.2) is 9.78 Å². The lowest BCUT2D eigenvalue weighted by Crippen LogP contribution is -2.30. The Labute approximate surface area is 195 Å². The van der Waals surface area contributed by atoms with E-state index in [1.807, 2.05) is 18.2 Å². The number of para-hydroxylation sites is 1. The molecule has 0 bridgehead atoms. The van der Waals surface area contributed by atoms with Gasteiger partial charge in [0.25, 0.3) is 11.5 Å². The second-order valence-electron chi connectivity index (χ2n) is 8.27. The first kappa shape index (κ1) is 21.4. The molecular weight excluding hydrogens is 430 g/mol. The van der Waals surface area contributed by atoms with Gasteiger partial charge in [-0.3, -0.25) is 14.2 Å². The minimum Gasteiger partial charge on any atom is -0.335 e. The van der Waals surface area contributed by atoms with E-state index >= 15 is 0 Å². The minimum absolute atomic E-state index is 0.153. The average molecular weight is 454 g/mol. The molecule has 8 nitrogen and oxygen atoms in total. The van der Waals surface area contributed by atoms with Crippen LogP contribution in [-0.4, -0.2) is 27.5 Å². The third-order valence-electron chi connectivity index (χ3n) is 5.64. The van der Waals surface area contributed by atoms with E-state index in [0.717, 1.165) is 12.8 Å². The van der Waals surface area contributed by atoms with E-state index in [-0.39, 0.29) is 23.5 Å². The van der Waals surface area contributed by atoms with E-state index < -0.39 is 0 Å². The zero-order valence-electron chi connectivity index (χ0n) is 18.5. The first-order valence-corrected chi connectivity index (χ1v) is 11.1. The van der Waals surface area contributed by atoms with Crippen LogP contribution in [0.25, 0.3) is 16.6 Å². The van der Waals surface area contributed by atoms with Gasteiger partial charge in [0.1, 0.15) is 5.82 Å². The van der Waals surface area contributed by atoms with Crippen LogP contribution < -0.4 is 21.5 Å². The highest BCUT2D eigenvalue weighted by Gasteiger charge is 2.23. The van der Waals surface area contributed by atoms with Crippen molar-refractivity contribution in [3.63, 3.8) is 0 Å². The van der Waals surface area contributed by atoms with Crippen LogP contribution in [0, 0.1) is 6.92 Å². The largest absolute Gasteiger partial charge is 0.335 e. The summed E-state index contributed by atoms with van der Waals surface area (Å²) in [4.78, 5) is 42.0. The SMILES string of the molecule is Cc1nc2ccccc2c(=O)n1-c1ccc(C(=O)Nc2ccc(NC(=O)NC3CC3)cc2)cc1. The Morgan fingerprint density at radius 1 is 0.882 bits per heavy atom. The summed E-state index contributed by atoms with van der Waals surface area (Å²) < 4.78 is 1.54. The number of carbonyl (C=O) groups is 2. The number of aromatic nitrogens is 2. The monoisotopic (exact) mass is 453 g/mol. The number of rotatable bonds is 5. The zero-order chi connectivity index (χ0) is 23.7. The Kier molecular flexibility index (Phi) is 5.55. The molecule has 1 saturated carbocycles. The highest BCUT2D eigenvalue weighted by molar-refractivity contribution is 6.04. The lowest BCUT2D eigenvalue weighted by Gasteiger charge is -2.12. The smallest absolute Gasteiger partial charge is 0.319 e. The third kappa shape index (κ3) is 4.52. The van der Waals surface area contributed by atoms with Gasteiger partial charge in [-0.15, -0.1) is 0 Å². The van der Waals surface area contributed by atoms with Crippen LogP contribution in [0.2, 0.25) is 0 Å². The summed E-state index contributed by atoms with van der Waals surface area (Å²) in [5, 5.41) is 9.01. The predicted octanol–water partition coefficient (Wildman–Crippen LogP) is 4.23. The topological polar surface area (TPSA) is 105 Å². The van der Waals surface area contributed by atoms with Gasteiger partial charge < -0.3 is 16.0 Å². The fraction of sp³-hybridized carbons (Fsp3) is 0.154. The molecule has 5 rings (SSSR count). The molecule has 1 fully saturated rings. The second kappa shape index (κ2) is 8.82. The molecule has 1 aliphatic carbocycles. The fourth-order valence-electron chi connectivity index (χ4n) is 3.73. The quantitative estimate of drug-likeness (QED) is 0.421. The average Bonchev–Trinajstić information content (AvgIpc) is 3.64. The van der Waals surface area contributed by atoms with Crippen molar-refractivity contribution < 1.29 is 9.59 Å². The molecule has 0 unspecified atom stereocenters. The normalized spacial score (nSPS) is 12.9. The number of nitrogens with zero attached hydrogens (tertiary/aromatic N) is 2. The molecule has 1 aromatic heterocycles. The summed E-state index contributed by atoms with van der Waals surface area (Å²) >= 11 is 0. The summed E-state index contributed by atoms with van der Waals surface area (Å²) in [5.74, 6) is 0.292. The highest BCUT2D eigenvalue weighted by atomic mass is 16.2. The summed E-state index contributed by atoms with van der Waals surface area (Å²) in [7, 11) is 0. The maximum absolute atomic E-state index is 13.0. The van der Waals surface area contributed by atoms with Gasteiger partial charge in [-0.05, 0) is 80.4 Å². The van der Waals surface area contributed by atoms with Crippen LogP contribution in [0.3, 0.4) is 0 Å². The Balaban J connectivity index is 1.28. The van der Waals surface area contributed by atoms with Crippen LogP contribution >= 0.6 is 0 Å². The van der Waals surface area contributed by atoms with Crippen molar-refractivity contribution in [3.05, 3.63) is 94.5 Å². The van der Waals surface area contributed by atoms with E-state index in [9.17, 15) is 14.4 Å². The third-order valence-corrected chi connectivity index (χ3v) is 5.64. The lowest BCUT2D eigenvalue weighted by atomic mass is 10.1. The first-order valence-electron chi connectivity index (χ1n) is 11.1. The molecule has 0 radical (unpaired) electrons. The summed E-state index contributed by atoms with van der Waals surface area (Å²) in [6.07, 6.45) is 2.05. The van der Waals surface area contributed by atoms with Crippen molar-refractivity contribution in [3.8, 4) is 5.69 Å². The van der Waals surface area contributed by atoms with Crippen LogP contribution in [0.4, 0.5) is 16.2 Å². The molecule has 170 valence electrons. The van der Waals surface area contributed by atoms with Crippen LogP contribution in [-0.2, 0) is 0 Å². The van der Waals surface area contributed by atoms with E-state index in [2.05, 4.69) is 20.9 Å². The molecule has 0 aliphatic heterocycles. The molecule has 3 amide bonds. The van der Waals surface area contributed by atoms with Crippen LogP contribution in [0.1, 0.15) is 29.0 Å². The van der Waals surface area contributed by atoms with Crippen molar-refractivity contribution in [1.82, 2.24) is 14.9 Å². The number of amides is 3. The molecule has 8 heteroatoms. The van der Waals surface area contributed by atoms with Crippen molar-refractivity contribution in [2.75, 3.05) is 10.6 Å². The van der Waals surface area contributed by atoms with Crippen molar-refractivity contribution in [2.24, 2.45) is 0 Å². The van der Waals surface area contributed by atoms with Gasteiger partial charge in [0.05, 0.1) is 16.6 Å². The lowest BCUT2D eigenvalue weighted by molar-refractivity contribution is 0.102. The number of urea groups is 1. The number of carbonyl (C=O) groups excluding carboxylic acids is 2. The molecule has 0 spiro atoms. The minimum atomic E-state index is -0.278. The van der Waals surface area contributed by atoms with Gasteiger partial charge in [0.2, 0.25) is 0 Å². The van der Waals surface area contributed by atoms with E-state index in [1.165, 1.54) is 4.57 Å². The van der Waals surface area contributed by atoms with Crippen LogP contribution in [0.5, 0.6) is 0 Å².